The van der Waals surface area contributed by atoms with Gasteiger partial charge in [0, 0.05) is 29.1 Å². The fourth-order valence-electron chi connectivity index (χ4n) is 5.43. The standard InChI is InChI=1S/C35H36FN7O3/c1-3-46-31-21-25(34(45)38-29-16-18-42(2)19-17-29)8-14-30(31)39-35-40-32-15-9-26(22-43(32)41-35)24-6-12-28(13-7-24)37-33(44)20-23-4-10-27(36)11-5-23/h4-15,21-22,29H,3,16-20H2,1-2H3,(H,37,44)(H,38,45)(H,39,41). The number of halogens is 1. The van der Waals surface area contributed by atoms with E-state index in [2.05, 4.69) is 38.0 Å². The minimum Gasteiger partial charge on any atom is -0.492 e. The molecule has 2 aromatic heterocycles. The van der Waals surface area contributed by atoms with E-state index in [-0.39, 0.29) is 30.1 Å². The minimum atomic E-state index is -0.331. The Morgan fingerprint density at radius 3 is 2.43 bits per heavy atom. The number of nitrogens with one attached hydrogen (secondary N) is 3. The molecule has 10 nitrogen and oxygen atoms in total. The predicted molar refractivity (Wildman–Crippen MR) is 176 cm³/mol. The van der Waals surface area contributed by atoms with Crippen LogP contribution in [0, 0.1) is 5.82 Å². The van der Waals surface area contributed by atoms with Gasteiger partial charge in [0.25, 0.3) is 5.91 Å². The SMILES string of the molecule is CCOc1cc(C(=O)NC2CCN(C)CC2)ccc1Nc1nc2ccc(-c3ccc(NC(=O)Cc4ccc(F)cc4)cc3)cn2n1. The topological polar surface area (TPSA) is 113 Å². The molecule has 3 aromatic carbocycles. The summed E-state index contributed by atoms with van der Waals surface area (Å²) < 4.78 is 20.7. The lowest BCUT2D eigenvalue weighted by atomic mass is 10.0. The maximum atomic E-state index is 13.1. The highest BCUT2D eigenvalue weighted by molar-refractivity contribution is 5.95. The van der Waals surface area contributed by atoms with Gasteiger partial charge >= 0.3 is 0 Å². The summed E-state index contributed by atoms with van der Waals surface area (Å²) in [6, 6.07) is 22.7. The van der Waals surface area contributed by atoms with E-state index in [0.717, 1.165) is 42.6 Å². The lowest BCUT2D eigenvalue weighted by Crippen LogP contribution is -2.43. The number of likely N-dealkylation sites (tertiary alicyclic amines) is 1. The van der Waals surface area contributed by atoms with Gasteiger partial charge in [-0.15, -0.1) is 5.10 Å². The van der Waals surface area contributed by atoms with E-state index >= 15 is 0 Å². The summed E-state index contributed by atoms with van der Waals surface area (Å²) in [5.74, 6) is 0.313. The van der Waals surface area contributed by atoms with Crippen LogP contribution in [0.4, 0.5) is 21.7 Å². The second-order valence-corrected chi connectivity index (χ2v) is 11.4. The van der Waals surface area contributed by atoms with E-state index < -0.39 is 0 Å². The maximum Gasteiger partial charge on any atom is 0.251 e. The quantitative estimate of drug-likeness (QED) is 0.184. The number of carbonyl (C=O) groups excluding carboxylic acids is 2. The summed E-state index contributed by atoms with van der Waals surface area (Å²) in [5, 5.41) is 13.9. The molecule has 1 aliphatic heterocycles. The number of piperidine rings is 1. The summed E-state index contributed by atoms with van der Waals surface area (Å²) in [6.45, 7) is 4.28. The van der Waals surface area contributed by atoms with Crippen LogP contribution in [0.3, 0.4) is 0 Å². The highest BCUT2D eigenvalue weighted by Gasteiger charge is 2.20. The molecule has 0 aliphatic carbocycles. The van der Waals surface area contributed by atoms with Gasteiger partial charge in [0.05, 0.1) is 18.7 Å². The molecule has 1 fully saturated rings. The second-order valence-electron chi connectivity index (χ2n) is 11.4. The van der Waals surface area contributed by atoms with Crippen molar-refractivity contribution in [2.45, 2.75) is 32.2 Å². The molecule has 0 saturated carbocycles. The molecule has 0 atom stereocenters. The fourth-order valence-corrected chi connectivity index (χ4v) is 5.43. The van der Waals surface area contributed by atoms with E-state index in [9.17, 15) is 14.0 Å². The number of fused-ring (bicyclic) bond motifs is 1. The van der Waals surface area contributed by atoms with E-state index in [1.165, 1.54) is 12.1 Å². The monoisotopic (exact) mass is 621 g/mol. The predicted octanol–water partition coefficient (Wildman–Crippen LogP) is 5.68. The van der Waals surface area contributed by atoms with Crippen molar-refractivity contribution in [3.8, 4) is 16.9 Å². The van der Waals surface area contributed by atoms with E-state index in [0.29, 0.717) is 40.9 Å². The Morgan fingerprint density at radius 2 is 1.70 bits per heavy atom. The third-order valence-corrected chi connectivity index (χ3v) is 7.95. The number of nitrogens with zero attached hydrogens (tertiary/aromatic N) is 4. The normalized spacial score (nSPS) is 13.8. The van der Waals surface area contributed by atoms with Gasteiger partial charge in [0.15, 0.2) is 5.65 Å². The van der Waals surface area contributed by atoms with Crippen molar-refractivity contribution in [1.29, 1.82) is 0 Å². The molecule has 0 radical (unpaired) electrons. The summed E-state index contributed by atoms with van der Waals surface area (Å²) in [4.78, 5) is 32.3. The Kier molecular flexibility index (Phi) is 9.20. The Bertz CT molecular complexity index is 1830. The van der Waals surface area contributed by atoms with Gasteiger partial charge in [-0.3, -0.25) is 9.59 Å². The number of ether oxygens (including phenoxy) is 1. The number of benzene rings is 3. The molecule has 0 bridgehead atoms. The maximum absolute atomic E-state index is 13.1. The lowest BCUT2D eigenvalue weighted by molar-refractivity contribution is -0.115. The molecule has 1 aliphatic rings. The van der Waals surface area contributed by atoms with Gasteiger partial charge in [-0.1, -0.05) is 24.3 Å². The van der Waals surface area contributed by atoms with Crippen molar-refractivity contribution in [3.05, 3.63) is 102 Å². The van der Waals surface area contributed by atoms with Gasteiger partial charge in [-0.05, 0) is 106 Å². The molecular weight excluding hydrogens is 585 g/mol. The smallest absolute Gasteiger partial charge is 0.251 e. The highest BCUT2D eigenvalue weighted by atomic mass is 19.1. The van der Waals surface area contributed by atoms with Crippen LogP contribution in [0.1, 0.15) is 35.7 Å². The Hall–Kier alpha value is -5.29. The van der Waals surface area contributed by atoms with Gasteiger partial charge in [0.1, 0.15) is 11.6 Å². The van der Waals surface area contributed by atoms with Crippen LogP contribution in [0.5, 0.6) is 5.75 Å². The zero-order valence-electron chi connectivity index (χ0n) is 25.8. The zero-order chi connectivity index (χ0) is 32.0. The molecular formula is C35H36FN7O3. The number of anilines is 3. The molecule has 0 unspecified atom stereocenters. The van der Waals surface area contributed by atoms with Gasteiger partial charge in [-0.25, -0.2) is 8.91 Å². The minimum absolute atomic E-state index is 0.110. The first kappa shape index (κ1) is 30.7. The summed E-state index contributed by atoms with van der Waals surface area (Å²) in [7, 11) is 2.10. The van der Waals surface area contributed by atoms with Crippen LogP contribution in [-0.2, 0) is 11.2 Å². The third kappa shape index (κ3) is 7.49. The first-order valence-electron chi connectivity index (χ1n) is 15.4. The molecule has 2 amide bonds. The molecule has 5 aromatic rings. The van der Waals surface area contributed by atoms with Crippen molar-refractivity contribution in [3.63, 3.8) is 0 Å². The summed E-state index contributed by atoms with van der Waals surface area (Å²) in [6.07, 6.45) is 3.91. The van der Waals surface area contributed by atoms with Crippen molar-refractivity contribution in [1.82, 2.24) is 24.8 Å². The van der Waals surface area contributed by atoms with Crippen LogP contribution in [-0.4, -0.2) is 64.1 Å². The number of aromatic nitrogens is 3. The highest BCUT2D eigenvalue weighted by Crippen LogP contribution is 2.29. The van der Waals surface area contributed by atoms with Gasteiger partial charge in [0.2, 0.25) is 11.9 Å². The number of rotatable bonds is 10. The number of hydrogen-bond donors (Lipinski definition) is 3. The molecule has 11 heteroatoms. The number of pyridine rings is 1. The van der Waals surface area contributed by atoms with Crippen LogP contribution in [0.15, 0.2) is 85.1 Å². The van der Waals surface area contributed by atoms with Crippen molar-refractivity contribution in [2.75, 3.05) is 37.4 Å². The Balaban J connectivity index is 1.11. The molecule has 3 N–H and O–H groups in total. The average molecular weight is 622 g/mol. The Labute approximate surface area is 266 Å². The molecule has 0 spiro atoms. The Morgan fingerprint density at radius 1 is 0.957 bits per heavy atom. The molecule has 236 valence electrons. The average Bonchev–Trinajstić information content (AvgIpc) is 3.46. The third-order valence-electron chi connectivity index (χ3n) is 7.95. The summed E-state index contributed by atoms with van der Waals surface area (Å²) in [5.41, 5.74) is 5.12. The van der Waals surface area contributed by atoms with Crippen LogP contribution < -0.4 is 20.7 Å². The zero-order valence-corrected chi connectivity index (χ0v) is 25.8. The first-order valence-corrected chi connectivity index (χ1v) is 15.4. The van der Waals surface area contributed by atoms with Crippen LogP contribution >= 0.6 is 0 Å². The van der Waals surface area contributed by atoms with E-state index in [4.69, 9.17) is 4.74 Å². The largest absolute Gasteiger partial charge is 0.492 e. The number of carbonyl (C=O) groups is 2. The lowest BCUT2D eigenvalue weighted by Gasteiger charge is -2.29. The first-order chi connectivity index (χ1) is 22.3. The van der Waals surface area contributed by atoms with Crippen molar-refractivity contribution < 1.29 is 18.7 Å². The second kappa shape index (κ2) is 13.8. The van der Waals surface area contributed by atoms with Crippen molar-refractivity contribution in [2.24, 2.45) is 0 Å². The number of amides is 2. The van der Waals surface area contributed by atoms with Crippen molar-refractivity contribution >= 4 is 34.8 Å². The van der Waals surface area contributed by atoms with Gasteiger partial charge < -0.3 is 25.6 Å². The number of hydrogen-bond acceptors (Lipinski definition) is 7. The summed E-state index contributed by atoms with van der Waals surface area (Å²) >= 11 is 0. The molecule has 6 rings (SSSR count). The van der Waals surface area contributed by atoms with Crippen LogP contribution in [0.25, 0.3) is 16.8 Å². The molecule has 3 heterocycles. The molecule has 46 heavy (non-hydrogen) atoms. The van der Waals surface area contributed by atoms with E-state index in [1.54, 1.807) is 28.8 Å². The fraction of sp³-hybridized carbons (Fsp3) is 0.257. The molecule has 1 saturated heterocycles. The van der Waals surface area contributed by atoms with E-state index in [1.807, 2.05) is 55.6 Å². The van der Waals surface area contributed by atoms with Gasteiger partial charge in [-0.2, -0.15) is 4.98 Å². The van der Waals surface area contributed by atoms with Crippen LogP contribution in [0.2, 0.25) is 0 Å².